The normalized spacial score (nSPS) is 47.8. The van der Waals surface area contributed by atoms with Crippen molar-refractivity contribution >= 4 is 17.7 Å². The highest BCUT2D eigenvalue weighted by Crippen LogP contribution is 2.71. The third-order valence-electron chi connectivity index (χ3n) is 11.0. The van der Waals surface area contributed by atoms with Crippen molar-refractivity contribution in [2.75, 3.05) is 6.67 Å². The Morgan fingerprint density at radius 2 is 1.56 bits per heavy atom. The molecular formula is C28H42F2O6. The summed E-state index contributed by atoms with van der Waals surface area (Å²) in [5.41, 5.74) is -4.45. The SMILES string of the molecule is CCC(=O)O[C@]12C[C@@H](O)CC[C@]1(C)[C@H]1CC[C@@]3(C)[C@@H](C[C@H](C)[C@@]3(OC(=O)CC)C(=O)CF)[C@@H]1C[C@H]2F. The molecule has 204 valence electrons. The lowest BCUT2D eigenvalue weighted by Crippen LogP contribution is -2.70. The maximum atomic E-state index is 16.4. The number of hydrogen-bond acceptors (Lipinski definition) is 6. The van der Waals surface area contributed by atoms with E-state index in [-0.39, 0.29) is 43.4 Å². The molecule has 4 saturated carbocycles. The zero-order valence-corrected chi connectivity index (χ0v) is 22.3. The van der Waals surface area contributed by atoms with E-state index in [0.29, 0.717) is 32.1 Å². The molecule has 0 aliphatic heterocycles. The summed E-state index contributed by atoms with van der Waals surface area (Å²) >= 11 is 0. The molecule has 6 nitrogen and oxygen atoms in total. The number of fused-ring (bicyclic) bond motifs is 5. The van der Waals surface area contributed by atoms with E-state index >= 15 is 4.39 Å². The van der Waals surface area contributed by atoms with Crippen LogP contribution < -0.4 is 0 Å². The Bertz CT molecular complexity index is 910. The predicted octanol–water partition coefficient (Wildman–Crippen LogP) is 4.89. The topological polar surface area (TPSA) is 89.9 Å². The molecule has 0 bridgehead atoms. The second kappa shape index (κ2) is 9.32. The van der Waals surface area contributed by atoms with Gasteiger partial charge in [0.05, 0.1) is 6.10 Å². The van der Waals surface area contributed by atoms with Gasteiger partial charge < -0.3 is 14.6 Å². The van der Waals surface area contributed by atoms with Gasteiger partial charge in [0.1, 0.15) is 6.17 Å². The number of carbonyl (C=O) groups excluding carboxylic acids is 3. The molecule has 4 aliphatic rings. The third kappa shape index (κ3) is 3.52. The quantitative estimate of drug-likeness (QED) is 0.510. The zero-order valence-electron chi connectivity index (χ0n) is 22.3. The Hall–Kier alpha value is -1.57. The molecule has 0 unspecified atom stereocenters. The first-order valence-corrected chi connectivity index (χ1v) is 13.7. The standard InChI is InChI=1S/C28H42F2O6/c1-6-23(33)35-27-14-17(31)8-10-25(27,4)19-9-11-26(5)20(18(19)13-21(27)30)12-16(3)28(26,22(32)15-29)36-24(34)7-2/h16-21,31H,6-15H2,1-5H3/t16-,17-,18+,19-,20-,21+,25+,26-,27-,28+/m0/s1. The maximum Gasteiger partial charge on any atom is 0.306 e. The molecule has 0 spiro atoms. The van der Waals surface area contributed by atoms with Gasteiger partial charge in [0, 0.05) is 36.0 Å². The van der Waals surface area contributed by atoms with Gasteiger partial charge >= 0.3 is 11.9 Å². The molecule has 0 aromatic rings. The molecule has 36 heavy (non-hydrogen) atoms. The number of carbonyl (C=O) groups is 3. The molecule has 0 aromatic heterocycles. The van der Waals surface area contributed by atoms with Gasteiger partial charge in [-0.2, -0.15) is 0 Å². The fourth-order valence-corrected chi connectivity index (χ4v) is 9.23. The van der Waals surface area contributed by atoms with Crippen LogP contribution in [0.3, 0.4) is 0 Å². The van der Waals surface area contributed by atoms with E-state index in [1.165, 1.54) is 0 Å². The first-order chi connectivity index (χ1) is 16.9. The van der Waals surface area contributed by atoms with Crippen LogP contribution in [0.4, 0.5) is 8.78 Å². The van der Waals surface area contributed by atoms with Gasteiger partial charge in [0.15, 0.2) is 17.9 Å². The highest BCUT2D eigenvalue weighted by Gasteiger charge is 2.75. The number of aliphatic hydroxyl groups excluding tert-OH is 1. The van der Waals surface area contributed by atoms with Gasteiger partial charge in [0.2, 0.25) is 5.78 Å². The number of alkyl halides is 2. The van der Waals surface area contributed by atoms with Gasteiger partial charge in [-0.25, -0.2) is 8.78 Å². The molecule has 0 saturated heterocycles. The van der Waals surface area contributed by atoms with Crippen LogP contribution in [-0.2, 0) is 23.9 Å². The van der Waals surface area contributed by atoms with Crippen LogP contribution in [0.1, 0.15) is 92.4 Å². The number of ketones is 1. The summed E-state index contributed by atoms with van der Waals surface area (Å²) in [5, 5.41) is 10.5. The van der Waals surface area contributed by atoms with Gasteiger partial charge in [-0.05, 0) is 56.3 Å². The summed E-state index contributed by atoms with van der Waals surface area (Å²) in [4.78, 5) is 38.2. The van der Waals surface area contributed by atoms with Crippen molar-refractivity contribution < 1.29 is 37.7 Å². The van der Waals surface area contributed by atoms with Crippen LogP contribution in [0.5, 0.6) is 0 Å². The van der Waals surface area contributed by atoms with E-state index in [2.05, 4.69) is 0 Å². The van der Waals surface area contributed by atoms with E-state index in [9.17, 15) is 23.9 Å². The Labute approximate surface area is 212 Å². The number of hydrogen-bond donors (Lipinski definition) is 1. The minimum Gasteiger partial charge on any atom is -0.455 e. The van der Waals surface area contributed by atoms with Crippen LogP contribution in [0, 0.1) is 34.5 Å². The summed E-state index contributed by atoms with van der Waals surface area (Å²) in [6.45, 7) is 7.89. The van der Waals surface area contributed by atoms with E-state index in [1.54, 1.807) is 13.8 Å². The van der Waals surface area contributed by atoms with Crippen molar-refractivity contribution in [3.63, 3.8) is 0 Å². The average molecular weight is 513 g/mol. The summed E-state index contributed by atoms with van der Waals surface area (Å²) < 4.78 is 42.2. The molecule has 4 fully saturated rings. The number of halogens is 2. The summed E-state index contributed by atoms with van der Waals surface area (Å²) in [7, 11) is 0. The van der Waals surface area contributed by atoms with Gasteiger partial charge in [-0.15, -0.1) is 0 Å². The van der Waals surface area contributed by atoms with E-state index < -0.39 is 64.6 Å². The molecule has 0 amide bonds. The van der Waals surface area contributed by atoms with Crippen LogP contribution in [-0.4, -0.2) is 53.0 Å². The van der Waals surface area contributed by atoms with Crippen molar-refractivity contribution in [1.82, 2.24) is 0 Å². The Morgan fingerprint density at radius 1 is 0.944 bits per heavy atom. The largest absolute Gasteiger partial charge is 0.455 e. The Balaban J connectivity index is 1.77. The Morgan fingerprint density at radius 3 is 2.17 bits per heavy atom. The maximum absolute atomic E-state index is 16.4. The minimum absolute atomic E-state index is 0.00471. The molecule has 8 heteroatoms. The molecule has 0 heterocycles. The van der Waals surface area contributed by atoms with E-state index in [4.69, 9.17) is 9.47 Å². The molecule has 0 radical (unpaired) electrons. The van der Waals surface area contributed by atoms with Gasteiger partial charge in [-0.1, -0.05) is 34.6 Å². The highest BCUT2D eigenvalue weighted by atomic mass is 19.1. The summed E-state index contributed by atoms with van der Waals surface area (Å²) in [6.07, 6.45) is 0.946. The van der Waals surface area contributed by atoms with Gasteiger partial charge in [-0.3, -0.25) is 14.4 Å². The molecule has 4 aliphatic carbocycles. The van der Waals surface area contributed by atoms with Crippen LogP contribution in [0.25, 0.3) is 0 Å². The van der Waals surface area contributed by atoms with E-state index in [1.807, 2.05) is 20.8 Å². The fourth-order valence-electron chi connectivity index (χ4n) is 9.23. The molecule has 0 aromatic carbocycles. The molecular weight excluding hydrogens is 470 g/mol. The van der Waals surface area contributed by atoms with Crippen molar-refractivity contribution in [2.24, 2.45) is 34.5 Å². The highest BCUT2D eigenvalue weighted by molar-refractivity contribution is 5.92. The number of aliphatic hydroxyl groups is 1. The monoisotopic (exact) mass is 512 g/mol. The van der Waals surface area contributed by atoms with Crippen LogP contribution >= 0.6 is 0 Å². The van der Waals surface area contributed by atoms with E-state index in [0.717, 1.165) is 0 Å². The third-order valence-corrected chi connectivity index (χ3v) is 11.0. The van der Waals surface area contributed by atoms with Crippen molar-refractivity contribution in [2.45, 2.75) is 116 Å². The minimum atomic E-state index is -1.57. The number of esters is 2. The zero-order chi connectivity index (χ0) is 26.7. The second-order valence-electron chi connectivity index (χ2n) is 12.3. The van der Waals surface area contributed by atoms with Crippen molar-refractivity contribution in [3.8, 4) is 0 Å². The average Bonchev–Trinajstić information content (AvgIpc) is 3.07. The number of Topliss-reactive ketones (excluding diaryl/α,β-unsaturated/α-hetero) is 1. The number of rotatable bonds is 6. The first kappa shape index (κ1) is 27.5. The summed E-state index contributed by atoms with van der Waals surface area (Å²) in [5.74, 6) is -2.37. The smallest absolute Gasteiger partial charge is 0.306 e. The lowest BCUT2D eigenvalue weighted by Gasteiger charge is -2.65. The predicted molar refractivity (Wildman–Crippen MR) is 128 cm³/mol. The van der Waals surface area contributed by atoms with Gasteiger partial charge in [0.25, 0.3) is 0 Å². The first-order valence-electron chi connectivity index (χ1n) is 13.7. The lowest BCUT2D eigenvalue weighted by atomic mass is 9.42. The van der Waals surface area contributed by atoms with Crippen molar-refractivity contribution in [1.29, 1.82) is 0 Å². The fraction of sp³-hybridized carbons (Fsp3) is 0.893. The Kier molecular flexibility index (Phi) is 7.11. The molecule has 10 atom stereocenters. The summed E-state index contributed by atoms with van der Waals surface area (Å²) in [6, 6.07) is 0. The van der Waals surface area contributed by atoms with Crippen molar-refractivity contribution in [3.05, 3.63) is 0 Å². The molecule has 4 rings (SSSR count). The van der Waals surface area contributed by atoms with Crippen LogP contribution in [0.15, 0.2) is 0 Å². The lowest BCUT2D eigenvalue weighted by molar-refractivity contribution is -0.265. The van der Waals surface area contributed by atoms with Crippen LogP contribution in [0.2, 0.25) is 0 Å². The molecule has 1 N–H and O–H groups in total. The number of ether oxygens (including phenoxy) is 2. The second-order valence-corrected chi connectivity index (χ2v) is 12.3.